The number of aromatic nitrogens is 1. The lowest BCUT2D eigenvalue weighted by molar-refractivity contribution is -0.128. The van der Waals surface area contributed by atoms with E-state index in [4.69, 9.17) is 5.11 Å². The molecule has 3 rings (SSSR count). The Morgan fingerprint density at radius 2 is 2.27 bits per heavy atom. The van der Waals surface area contributed by atoms with Crippen molar-refractivity contribution in [1.29, 1.82) is 0 Å². The van der Waals surface area contributed by atoms with E-state index in [0.29, 0.717) is 35.3 Å². The number of aromatic carboxylic acids is 1. The second-order valence-electron chi connectivity index (χ2n) is 5.79. The van der Waals surface area contributed by atoms with E-state index in [2.05, 4.69) is 10.3 Å². The van der Waals surface area contributed by atoms with Crippen LogP contribution in [0.25, 0.3) is 0 Å². The number of para-hydroxylation sites is 1. The lowest BCUT2D eigenvalue weighted by Gasteiger charge is -2.25. The van der Waals surface area contributed by atoms with Crippen molar-refractivity contribution in [3.8, 4) is 0 Å². The normalized spacial score (nSPS) is 16.9. The highest BCUT2D eigenvalue weighted by Crippen LogP contribution is 2.25. The number of carboxylic acid groups (broad SMARTS) is 1. The Labute approximate surface area is 158 Å². The van der Waals surface area contributed by atoms with Gasteiger partial charge in [0.15, 0.2) is 10.0 Å². The molecular formula is C17H18FN3O3S2. The molecule has 1 aliphatic rings. The SMILES string of the molecule is O=C(O)c1csc(SCCN2C(=O)CC[C@@H]2CNc2ccccc2F)n1. The summed E-state index contributed by atoms with van der Waals surface area (Å²) in [5, 5.41) is 13.5. The molecule has 9 heteroatoms. The van der Waals surface area contributed by atoms with E-state index in [-0.39, 0.29) is 23.5 Å². The molecule has 6 nitrogen and oxygen atoms in total. The van der Waals surface area contributed by atoms with Gasteiger partial charge in [0.05, 0.1) is 5.69 Å². The van der Waals surface area contributed by atoms with E-state index in [0.717, 1.165) is 6.42 Å². The standard InChI is InChI=1S/C17H18FN3O3S2/c18-12-3-1-2-4-13(12)19-9-11-5-6-15(22)21(11)7-8-25-17-20-14(10-26-17)16(23)24/h1-4,10-11,19H,5-9H2,(H,23,24)/t11-/m1/s1. The van der Waals surface area contributed by atoms with Crippen LogP contribution in [0.3, 0.4) is 0 Å². The molecule has 2 heterocycles. The molecule has 1 aliphatic heterocycles. The van der Waals surface area contributed by atoms with E-state index in [1.165, 1.54) is 34.5 Å². The number of benzene rings is 1. The van der Waals surface area contributed by atoms with Crippen LogP contribution in [0.1, 0.15) is 23.3 Å². The zero-order chi connectivity index (χ0) is 18.5. The Bertz CT molecular complexity index is 799. The van der Waals surface area contributed by atoms with Crippen molar-refractivity contribution in [2.75, 3.05) is 24.2 Å². The quantitative estimate of drug-likeness (QED) is 0.668. The van der Waals surface area contributed by atoms with Crippen LogP contribution in [0.15, 0.2) is 34.0 Å². The van der Waals surface area contributed by atoms with Gasteiger partial charge >= 0.3 is 5.97 Å². The van der Waals surface area contributed by atoms with Gasteiger partial charge in [-0.1, -0.05) is 23.9 Å². The van der Waals surface area contributed by atoms with Crippen LogP contribution in [0.5, 0.6) is 0 Å². The summed E-state index contributed by atoms with van der Waals surface area (Å²) in [6.07, 6.45) is 1.24. The zero-order valence-corrected chi connectivity index (χ0v) is 15.5. The maximum absolute atomic E-state index is 13.7. The summed E-state index contributed by atoms with van der Waals surface area (Å²) in [7, 11) is 0. The number of nitrogens with zero attached hydrogens (tertiary/aromatic N) is 2. The van der Waals surface area contributed by atoms with Gasteiger partial charge in [0, 0.05) is 36.7 Å². The van der Waals surface area contributed by atoms with Gasteiger partial charge in [-0.25, -0.2) is 14.2 Å². The minimum Gasteiger partial charge on any atom is -0.476 e. The molecule has 0 spiro atoms. The minimum absolute atomic E-state index is 0.0218. The van der Waals surface area contributed by atoms with E-state index in [9.17, 15) is 14.0 Å². The number of carbonyl (C=O) groups is 2. The van der Waals surface area contributed by atoms with Gasteiger partial charge in [-0.05, 0) is 18.6 Å². The third kappa shape index (κ3) is 4.53. The average Bonchev–Trinajstić information content (AvgIpc) is 3.22. The molecular weight excluding hydrogens is 377 g/mol. The van der Waals surface area contributed by atoms with Crippen LogP contribution < -0.4 is 5.32 Å². The monoisotopic (exact) mass is 395 g/mol. The Hall–Kier alpha value is -2.13. The van der Waals surface area contributed by atoms with E-state index in [1.807, 2.05) is 4.90 Å². The first-order chi connectivity index (χ1) is 12.5. The average molecular weight is 395 g/mol. The summed E-state index contributed by atoms with van der Waals surface area (Å²) >= 11 is 2.72. The van der Waals surface area contributed by atoms with Crippen molar-refractivity contribution in [3.05, 3.63) is 41.2 Å². The number of carbonyl (C=O) groups excluding carboxylic acids is 1. The summed E-state index contributed by atoms with van der Waals surface area (Å²) in [5.41, 5.74) is 0.479. The molecule has 0 bridgehead atoms. The molecule has 2 aromatic rings. The maximum atomic E-state index is 13.7. The van der Waals surface area contributed by atoms with Crippen molar-refractivity contribution in [3.63, 3.8) is 0 Å². The Balaban J connectivity index is 1.51. The number of likely N-dealkylation sites (tertiary alicyclic amines) is 1. The fraction of sp³-hybridized carbons (Fsp3) is 0.353. The van der Waals surface area contributed by atoms with Gasteiger partial charge in [0.1, 0.15) is 5.82 Å². The minimum atomic E-state index is -1.04. The summed E-state index contributed by atoms with van der Waals surface area (Å²) < 4.78 is 14.4. The first-order valence-corrected chi connectivity index (χ1v) is 10.0. The predicted octanol–water partition coefficient (Wildman–Crippen LogP) is 3.18. The van der Waals surface area contributed by atoms with E-state index >= 15 is 0 Å². The number of thiazole rings is 1. The van der Waals surface area contributed by atoms with Crippen LogP contribution in [0.4, 0.5) is 10.1 Å². The molecule has 0 radical (unpaired) electrons. The summed E-state index contributed by atoms with van der Waals surface area (Å²) in [6, 6.07) is 6.50. The molecule has 0 saturated carbocycles. The number of nitrogens with one attached hydrogen (secondary N) is 1. The third-order valence-corrected chi connectivity index (χ3v) is 6.12. The molecule has 0 aliphatic carbocycles. The van der Waals surface area contributed by atoms with Crippen LogP contribution in [0, 0.1) is 5.82 Å². The number of thioether (sulfide) groups is 1. The molecule has 1 amide bonds. The Morgan fingerprint density at radius 1 is 1.46 bits per heavy atom. The fourth-order valence-corrected chi connectivity index (χ4v) is 4.61. The van der Waals surface area contributed by atoms with Gasteiger partial charge in [-0.2, -0.15) is 0 Å². The summed E-state index contributed by atoms with van der Waals surface area (Å²) in [6.45, 7) is 1.05. The number of anilines is 1. The molecule has 26 heavy (non-hydrogen) atoms. The van der Waals surface area contributed by atoms with Crippen LogP contribution in [0.2, 0.25) is 0 Å². The second-order valence-corrected chi connectivity index (χ2v) is 7.99. The number of halogens is 1. The maximum Gasteiger partial charge on any atom is 0.355 e. The third-order valence-electron chi connectivity index (χ3n) is 4.11. The van der Waals surface area contributed by atoms with Gasteiger partial charge in [0.2, 0.25) is 5.91 Å². The largest absolute Gasteiger partial charge is 0.476 e. The fourth-order valence-electron chi connectivity index (χ4n) is 2.80. The molecule has 1 atom stereocenters. The number of hydrogen-bond acceptors (Lipinski definition) is 6. The van der Waals surface area contributed by atoms with Crippen molar-refractivity contribution in [2.45, 2.75) is 23.2 Å². The van der Waals surface area contributed by atoms with Gasteiger partial charge in [-0.15, -0.1) is 11.3 Å². The van der Waals surface area contributed by atoms with Crippen LogP contribution in [-0.2, 0) is 4.79 Å². The van der Waals surface area contributed by atoms with Crippen molar-refractivity contribution in [1.82, 2.24) is 9.88 Å². The van der Waals surface area contributed by atoms with Crippen LogP contribution >= 0.6 is 23.1 Å². The molecule has 1 saturated heterocycles. The van der Waals surface area contributed by atoms with Crippen molar-refractivity contribution >= 4 is 40.7 Å². The number of amides is 1. The van der Waals surface area contributed by atoms with Crippen LogP contribution in [-0.4, -0.2) is 51.8 Å². The topological polar surface area (TPSA) is 82.5 Å². The van der Waals surface area contributed by atoms with E-state index in [1.54, 1.807) is 18.2 Å². The number of hydrogen-bond donors (Lipinski definition) is 2. The lowest BCUT2D eigenvalue weighted by Crippen LogP contribution is -2.39. The molecule has 1 aromatic heterocycles. The van der Waals surface area contributed by atoms with Crippen molar-refractivity contribution in [2.24, 2.45) is 0 Å². The van der Waals surface area contributed by atoms with Gasteiger partial charge in [-0.3, -0.25) is 4.79 Å². The predicted molar refractivity (Wildman–Crippen MR) is 99.4 cm³/mol. The smallest absolute Gasteiger partial charge is 0.355 e. The highest BCUT2D eigenvalue weighted by Gasteiger charge is 2.30. The molecule has 138 valence electrons. The highest BCUT2D eigenvalue weighted by atomic mass is 32.2. The number of rotatable bonds is 8. The molecule has 1 aromatic carbocycles. The molecule has 2 N–H and O–H groups in total. The second kappa shape index (κ2) is 8.50. The highest BCUT2D eigenvalue weighted by molar-refractivity contribution is 8.01. The van der Waals surface area contributed by atoms with Crippen molar-refractivity contribution < 1.29 is 19.1 Å². The Morgan fingerprint density at radius 3 is 3.00 bits per heavy atom. The first kappa shape index (κ1) is 18.7. The molecule has 1 fully saturated rings. The zero-order valence-electron chi connectivity index (χ0n) is 13.9. The summed E-state index contributed by atoms with van der Waals surface area (Å²) in [4.78, 5) is 28.8. The first-order valence-electron chi connectivity index (χ1n) is 8.14. The number of carboxylic acids is 1. The van der Waals surface area contributed by atoms with Gasteiger partial charge in [0.25, 0.3) is 0 Å². The van der Waals surface area contributed by atoms with Gasteiger partial charge < -0.3 is 15.3 Å². The summed E-state index contributed by atoms with van der Waals surface area (Å²) in [5.74, 6) is -0.621. The molecule has 0 unspecified atom stereocenters. The van der Waals surface area contributed by atoms with E-state index < -0.39 is 5.97 Å². The lowest BCUT2D eigenvalue weighted by atomic mass is 10.2. The Kier molecular flexibility index (Phi) is 6.10.